The molecule has 0 amide bonds. The van der Waals surface area contributed by atoms with E-state index in [4.69, 9.17) is 9.98 Å². The smallest absolute Gasteiger partial charge is 0.124 e. The summed E-state index contributed by atoms with van der Waals surface area (Å²) in [6.45, 7) is 3.90. The Morgan fingerprint density at radius 3 is 1.58 bits per heavy atom. The summed E-state index contributed by atoms with van der Waals surface area (Å²) in [7, 11) is 0. The number of aryl methyl sites for hydroxylation is 2. The molecule has 3 rings (SSSR count). The molecule has 2 aromatic carbocycles. The molecule has 26 heavy (non-hydrogen) atoms. The van der Waals surface area contributed by atoms with Crippen molar-refractivity contribution in [3.63, 3.8) is 0 Å². The van der Waals surface area contributed by atoms with Crippen molar-refractivity contribution in [2.75, 3.05) is 0 Å². The van der Waals surface area contributed by atoms with Gasteiger partial charge in [0, 0.05) is 23.6 Å². The highest BCUT2D eigenvalue weighted by atomic mass is 16.3. The van der Waals surface area contributed by atoms with E-state index in [0.29, 0.717) is 0 Å². The van der Waals surface area contributed by atoms with E-state index in [1.54, 1.807) is 24.6 Å². The standard InChI is InChI=1S/C22H26N2O2/c1-15-7-9-17(21(25)11-15)13-23-19-5-3-4-6-20(19)24-14-18-10-8-16(2)12-22(18)26/h7-14,19-20,25-26H,3-6H2,1-2H3/t19-,20-/m1/s1. The molecule has 1 fully saturated rings. The van der Waals surface area contributed by atoms with Crippen LogP contribution in [-0.2, 0) is 0 Å². The van der Waals surface area contributed by atoms with Gasteiger partial charge in [-0.25, -0.2) is 0 Å². The highest BCUT2D eigenvalue weighted by Crippen LogP contribution is 2.25. The maximum Gasteiger partial charge on any atom is 0.124 e. The van der Waals surface area contributed by atoms with Crippen molar-refractivity contribution in [3.05, 3.63) is 58.7 Å². The number of phenolic OH excluding ortho intramolecular Hbond substituents is 2. The van der Waals surface area contributed by atoms with Gasteiger partial charge in [-0.15, -0.1) is 0 Å². The van der Waals surface area contributed by atoms with Gasteiger partial charge in [0.25, 0.3) is 0 Å². The maximum atomic E-state index is 10.0. The first kappa shape index (κ1) is 18.2. The van der Waals surface area contributed by atoms with Crippen LogP contribution < -0.4 is 0 Å². The molecule has 4 heteroatoms. The normalized spacial score (nSPS) is 20.8. The summed E-state index contributed by atoms with van der Waals surface area (Å²) < 4.78 is 0. The molecule has 0 spiro atoms. The summed E-state index contributed by atoms with van der Waals surface area (Å²) in [5, 5.41) is 20.1. The molecule has 0 aliphatic heterocycles. The van der Waals surface area contributed by atoms with Crippen LogP contribution in [0, 0.1) is 13.8 Å². The van der Waals surface area contributed by atoms with Crippen molar-refractivity contribution >= 4 is 12.4 Å². The van der Waals surface area contributed by atoms with Gasteiger partial charge < -0.3 is 10.2 Å². The number of aliphatic imine (C=N–C) groups is 2. The molecule has 0 saturated heterocycles. The molecule has 1 aliphatic rings. The lowest BCUT2D eigenvalue weighted by molar-refractivity contribution is 0.390. The zero-order valence-electron chi connectivity index (χ0n) is 15.4. The predicted molar refractivity (Wildman–Crippen MR) is 107 cm³/mol. The van der Waals surface area contributed by atoms with Crippen LogP contribution >= 0.6 is 0 Å². The summed E-state index contributed by atoms with van der Waals surface area (Å²) in [6.07, 6.45) is 7.79. The number of benzene rings is 2. The molecule has 0 unspecified atom stereocenters. The molecule has 0 radical (unpaired) electrons. The highest BCUT2D eigenvalue weighted by Gasteiger charge is 2.23. The first-order valence-corrected chi connectivity index (χ1v) is 9.18. The Morgan fingerprint density at radius 1 is 0.769 bits per heavy atom. The first-order valence-electron chi connectivity index (χ1n) is 9.18. The molecular formula is C22H26N2O2. The average molecular weight is 350 g/mol. The second kappa shape index (κ2) is 8.17. The van der Waals surface area contributed by atoms with E-state index >= 15 is 0 Å². The Balaban J connectivity index is 1.75. The Hall–Kier alpha value is -2.62. The minimum absolute atomic E-state index is 0.105. The largest absolute Gasteiger partial charge is 0.507 e. The number of hydrogen-bond donors (Lipinski definition) is 2. The van der Waals surface area contributed by atoms with E-state index < -0.39 is 0 Å². The Labute approximate surface area is 155 Å². The molecule has 0 heterocycles. The van der Waals surface area contributed by atoms with Crippen LogP contribution in [0.4, 0.5) is 0 Å². The summed E-state index contributed by atoms with van der Waals surface area (Å²) >= 11 is 0. The second-order valence-corrected chi connectivity index (χ2v) is 7.10. The van der Waals surface area contributed by atoms with Crippen LogP contribution in [-0.4, -0.2) is 34.7 Å². The van der Waals surface area contributed by atoms with E-state index in [0.717, 1.165) is 47.9 Å². The van der Waals surface area contributed by atoms with Crippen molar-refractivity contribution in [1.29, 1.82) is 0 Å². The van der Waals surface area contributed by atoms with Gasteiger partial charge >= 0.3 is 0 Å². The van der Waals surface area contributed by atoms with Gasteiger partial charge in [-0.3, -0.25) is 9.98 Å². The fourth-order valence-electron chi connectivity index (χ4n) is 3.32. The molecule has 1 saturated carbocycles. The van der Waals surface area contributed by atoms with Gasteiger partial charge in [0.15, 0.2) is 0 Å². The van der Waals surface area contributed by atoms with Crippen LogP contribution in [0.2, 0.25) is 0 Å². The molecule has 4 nitrogen and oxygen atoms in total. The van der Waals surface area contributed by atoms with Crippen LogP contribution in [0.3, 0.4) is 0 Å². The average Bonchev–Trinajstić information content (AvgIpc) is 2.61. The van der Waals surface area contributed by atoms with Crippen LogP contribution in [0.25, 0.3) is 0 Å². The molecule has 2 atom stereocenters. The van der Waals surface area contributed by atoms with Gasteiger partial charge in [0.2, 0.25) is 0 Å². The quantitative estimate of drug-likeness (QED) is 0.794. The fourth-order valence-corrected chi connectivity index (χ4v) is 3.32. The number of rotatable bonds is 4. The van der Waals surface area contributed by atoms with E-state index in [1.807, 2.05) is 38.1 Å². The summed E-state index contributed by atoms with van der Waals surface area (Å²) in [5.41, 5.74) is 3.52. The van der Waals surface area contributed by atoms with Crippen LogP contribution in [0.5, 0.6) is 11.5 Å². The monoisotopic (exact) mass is 350 g/mol. The molecule has 136 valence electrons. The minimum Gasteiger partial charge on any atom is -0.507 e. The lowest BCUT2D eigenvalue weighted by Gasteiger charge is -2.25. The van der Waals surface area contributed by atoms with Gasteiger partial charge in [-0.2, -0.15) is 0 Å². The fraction of sp³-hybridized carbons (Fsp3) is 0.364. The summed E-state index contributed by atoms with van der Waals surface area (Å²) in [4.78, 5) is 9.43. The van der Waals surface area contributed by atoms with Gasteiger partial charge in [-0.05, 0) is 62.1 Å². The molecule has 2 N–H and O–H groups in total. The second-order valence-electron chi connectivity index (χ2n) is 7.10. The third-order valence-corrected chi connectivity index (χ3v) is 4.88. The summed E-state index contributed by atoms with van der Waals surface area (Å²) in [6, 6.07) is 11.4. The van der Waals surface area contributed by atoms with E-state index in [1.165, 1.54) is 0 Å². The van der Waals surface area contributed by atoms with Crippen molar-refractivity contribution in [3.8, 4) is 11.5 Å². The van der Waals surface area contributed by atoms with E-state index in [9.17, 15) is 10.2 Å². The number of nitrogens with zero attached hydrogens (tertiary/aromatic N) is 2. The maximum absolute atomic E-state index is 10.0. The zero-order chi connectivity index (χ0) is 18.5. The first-order chi connectivity index (χ1) is 12.5. The Bertz CT molecular complexity index is 757. The van der Waals surface area contributed by atoms with E-state index in [-0.39, 0.29) is 23.6 Å². The van der Waals surface area contributed by atoms with Crippen molar-refractivity contribution in [2.24, 2.45) is 9.98 Å². The van der Waals surface area contributed by atoms with Crippen LogP contribution in [0.15, 0.2) is 46.4 Å². The third-order valence-electron chi connectivity index (χ3n) is 4.88. The zero-order valence-corrected chi connectivity index (χ0v) is 15.4. The minimum atomic E-state index is 0.105. The van der Waals surface area contributed by atoms with Gasteiger partial charge in [0.1, 0.15) is 11.5 Å². The lowest BCUT2D eigenvalue weighted by Crippen LogP contribution is -2.27. The lowest BCUT2D eigenvalue weighted by atomic mass is 9.91. The van der Waals surface area contributed by atoms with Crippen molar-refractivity contribution in [2.45, 2.75) is 51.6 Å². The topological polar surface area (TPSA) is 65.2 Å². The summed E-state index contributed by atoms with van der Waals surface area (Å²) in [5.74, 6) is 0.517. The number of hydrogen-bond acceptors (Lipinski definition) is 4. The Morgan fingerprint density at radius 2 is 1.19 bits per heavy atom. The van der Waals surface area contributed by atoms with Gasteiger partial charge in [0.05, 0.1) is 12.1 Å². The third kappa shape index (κ3) is 4.51. The Kier molecular flexibility index (Phi) is 5.71. The molecule has 1 aliphatic carbocycles. The number of phenols is 2. The van der Waals surface area contributed by atoms with E-state index in [2.05, 4.69) is 0 Å². The molecule has 2 aromatic rings. The van der Waals surface area contributed by atoms with Crippen molar-refractivity contribution in [1.82, 2.24) is 0 Å². The molecule has 0 bridgehead atoms. The van der Waals surface area contributed by atoms with Crippen molar-refractivity contribution < 1.29 is 10.2 Å². The predicted octanol–water partition coefficient (Wildman–Crippen LogP) is 4.56. The highest BCUT2D eigenvalue weighted by molar-refractivity contribution is 5.84. The SMILES string of the molecule is Cc1ccc(C=N[C@@H]2CCCC[C@H]2N=Cc2ccc(C)cc2O)c(O)c1. The molecule has 0 aromatic heterocycles. The number of aromatic hydroxyl groups is 2. The molecular weight excluding hydrogens is 324 g/mol. The van der Waals surface area contributed by atoms with Gasteiger partial charge in [-0.1, -0.05) is 25.0 Å². The van der Waals surface area contributed by atoms with Crippen LogP contribution in [0.1, 0.15) is 47.9 Å².